The van der Waals surface area contributed by atoms with Crippen LogP contribution in [0.1, 0.15) is 51.0 Å². The summed E-state index contributed by atoms with van der Waals surface area (Å²) in [5.74, 6) is 0.852. The molecule has 0 spiro atoms. The lowest BCUT2D eigenvalue weighted by Gasteiger charge is -2.42. The summed E-state index contributed by atoms with van der Waals surface area (Å²) in [6, 6.07) is 16.7. The van der Waals surface area contributed by atoms with Crippen LogP contribution in [0.4, 0.5) is 0 Å². The van der Waals surface area contributed by atoms with Crippen molar-refractivity contribution in [1.29, 1.82) is 0 Å². The number of amides is 1. The second-order valence-electron chi connectivity index (χ2n) is 9.66. The molecule has 7 heteroatoms. The number of ether oxygens (including phenoxy) is 1. The number of para-hydroxylation sites is 1. The molecular weight excluding hydrogens is 448 g/mol. The fraction of sp³-hybridized carbons (Fsp3) is 0.519. The van der Waals surface area contributed by atoms with E-state index in [0.717, 1.165) is 56.5 Å². The summed E-state index contributed by atoms with van der Waals surface area (Å²) in [4.78, 5) is 15.5. The number of hydrogen-bond donors (Lipinski definition) is 0. The van der Waals surface area contributed by atoms with Gasteiger partial charge < -0.3 is 9.64 Å². The van der Waals surface area contributed by atoms with Gasteiger partial charge in [0.25, 0.3) is 0 Å². The minimum Gasteiger partial charge on any atom is -0.493 e. The van der Waals surface area contributed by atoms with Gasteiger partial charge in [-0.1, -0.05) is 37.3 Å². The van der Waals surface area contributed by atoms with Gasteiger partial charge in [-0.05, 0) is 68.4 Å². The smallest absolute Gasteiger partial charge is 0.243 e. The topological polar surface area (TPSA) is 66.9 Å². The number of aryl methyl sites for hydroxylation is 1. The largest absolute Gasteiger partial charge is 0.493 e. The van der Waals surface area contributed by atoms with Gasteiger partial charge >= 0.3 is 0 Å². The normalized spacial score (nSPS) is 21.9. The number of hydrogen-bond acceptors (Lipinski definition) is 4. The standard InChI is InChI=1S/C27H36N2O4S/c1-2-23-12-14-25(15-13-23)34(31,32)29-19-9-16-27(21-29,22-33-24-10-5-3-6-11-24)20-26(30)28-17-7-4-8-18-28/h3,5-6,10-15H,2,4,7-9,16-22H2,1H3. The molecular formula is C27H36N2O4S. The monoisotopic (exact) mass is 484 g/mol. The molecule has 0 aromatic heterocycles. The fourth-order valence-electron chi connectivity index (χ4n) is 5.06. The van der Waals surface area contributed by atoms with E-state index in [4.69, 9.17) is 4.74 Å². The van der Waals surface area contributed by atoms with Gasteiger partial charge in [0.15, 0.2) is 0 Å². The molecule has 2 aromatic carbocycles. The van der Waals surface area contributed by atoms with Crippen LogP contribution in [0.15, 0.2) is 59.5 Å². The summed E-state index contributed by atoms with van der Waals surface area (Å²) >= 11 is 0. The lowest BCUT2D eigenvalue weighted by atomic mass is 9.78. The van der Waals surface area contributed by atoms with Gasteiger partial charge in [-0.25, -0.2) is 8.42 Å². The van der Waals surface area contributed by atoms with Gasteiger partial charge in [-0.2, -0.15) is 4.31 Å². The van der Waals surface area contributed by atoms with E-state index < -0.39 is 15.4 Å². The molecule has 184 valence electrons. The second-order valence-corrected chi connectivity index (χ2v) is 11.6. The Morgan fingerprint density at radius 1 is 0.941 bits per heavy atom. The Bertz CT molecular complexity index is 1050. The van der Waals surface area contributed by atoms with E-state index in [1.807, 2.05) is 47.4 Å². The van der Waals surface area contributed by atoms with Crippen LogP contribution in [0.5, 0.6) is 5.75 Å². The van der Waals surface area contributed by atoms with E-state index >= 15 is 0 Å². The summed E-state index contributed by atoms with van der Waals surface area (Å²) in [6.45, 7) is 4.70. The zero-order valence-electron chi connectivity index (χ0n) is 20.1. The molecule has 0 N–H and O–H groups in total. The van der Waals surface area contributed by atoms with Crippen LogP contribution in [0.2, 0.25) is 0 Å². The van der Waals surface area contributed by atoms with Gasteiger partial charge in [0, 0.05) is 38.0 Å². The number of carbonyl (C=O) groups excluding carboxylic acids is 1. The van der Waals surface area contributed by atoms with E-state index in [0.29, 0.717) is 30.9 Å². The van der Waals surface area contributed by atoms with Crippen LogP contribution >= 0.6 is 0 Å². The second kappa shape index (κ2) is 10.9. The van der Waals surface area contributed by atoms with E-state index in [-0.39, 0.29) is 12.5 Å². The summed E-state index contributed by atoms with van der Waals surface area (Å²) in [7, 11) is -3.65. The molecule has 0 radical (unpaired) electrons. The van der Waals surface area contributed by atoms with Crippen molar-refractivity contribution in [1.82, 2.24) is 9.21 Å². The first kappa shape index (κ1) is 24.7. The van der Waals surface area contributed by atoms with Crippen LogP contribution in [-0.4, -0.2) is 56.3 Å². The molecule has 2 aliphatic rings. The maximum absolute atomic E-state index is 13.5. The van der Waals surface area contributed by atoms with Crippen molar-refractivity contribution in [2.45, 2.75) is 56.8 Å². The molecule has 6 nitrogen and oxygen atoms in total. The zero-order valence-corrected chi connectivity index (χ0v) is 20.9. The lowest BCUT2D eigenvalue weighted by Crippen LogP contribution is -2.51. The Morgan fingerprint density at radius 3 is 2.32 bits per heavy atom. The van der Waals surface area contributed by atoms with Crippen molar-refractivity contribution in [3.63, 3.8) is 0 Å². The summed E-state index contributed by atoms with van der Waals surface area (Å²) in [6.07, 6.45) is 5.87. The lowest BCUT2D eigenvalue weighted by molar-refractivity contribution is -0.136. The highest BCUT2D eigenvalue weighted by Crippen LogP contribution is 2.37. The number of carbonyl (C=O) groups is 1. The van der Waals surface area contributed by atoms with Crippen molar-refractivity contribution < 1.29 is 17.9 Å². The first-order valence-electron chi connectivity index (χ1n) is 12.5. The Morgan fingerprint density at radius 2 is 1.65 bits per heavy atom. The Balaban J connectivity index is 1.56. The van der Waals surface area contributed by atoms with Gasteiger partial charge in [0.1, 0.15) is 5.75 Å². The molecule has 4 rings (SSSR count). The zero-order chi connectivity index (χ0) is 24.0. The maximum Gasteiger partial charge on any atom is 0.243 e. The highest BCUT2D eigenvalue weighted by Gasteiger charge is 2.43. The molecule has 1 amide bonds. The fourth-order valence-corrected chi connectivity index (χ4v) is 6.65. The predicted molar refractivity (Wildman–Crippen MR) is 133 cm³/mol. The molecule has 1 unspecified atom stereocenters. The molecule has 2 heterocycles. The first-order valence-corrected chi connectivity index (χ1v) is 13.9. The number of rotatable bonds is 8. The van der Waals surface area contributed by atoms with E-state index in [2.05, 4.69) is 6.92 Å². The van der Waals surface area contributed by atoms with Gasteiger partial charge in [0.2, 0.25) is 15.9 Å². The number of sulfonamides is 1. The van der Waals surface area contributed by atoms with Crippen LogP contribution in [-0.2, 0) is 21.2 Å². The molecule has 34 heavy (non-hydrogen) atoms. The average molecular weight is 485 g/mol. The molecule has 2 aromatic rings. The van der Waals surface area contributed by atoms with Crippen LogP contribution in [0.3, 0.4) is 0 Å². The van der Waals surface area contributed by atoms with Crippen LogP contribution in [0.25, 0.3) is 0 Å². The number of piperidine rings is 2. The SMILES string of the molecule is CCc1ccc(S(=O)(=O)N2CCCC(COc3ccccc3)(CC(=O)N3CCCCC3)C2)cc1. The van der Waals surface area contributed by atoms with Crippen molar-refractivity contribution >= 4 is 15.9 Å². The molecule has 0 saturated carbocycles. The molecule has 0 bridgehead atoms. The van der Waals surface area contributed by atoms with Crippen LogP contribution < -0.4 is 4.74 Å². The van der Waals surface area contributed by atoms with Crippen LogP contribution in [0, 0.1) is 5.41 Å². The Labute approximate surface area is 204 Å². The number of nitrogens with zero attached hydrogens (tertiary/aromatic N) is 2. The summed E-state index contributed by atoms with van der Waals surface area (Å²) in [5, 5.41) is 0. The van der Waals surface area contributed by atoms with E-state index in [1.165, 1.54) is 0 Å². The van der Waals surface area contributed by atoms with Gasteiger partial charge in [-0.15, -0.1) is 0 Å². The van der Waals surface area contributed by atoms with Crippen molar-refractivity contribution in [3.8, 4) is 5.75 Å². The minimum atomic E-state index is -3.65. The average Bonchev–Trinajstić information content (AvgIpc) is 2.89. The third-order valence-corrected chi connectivity index (χ3v) is 8.98. The van der Waals surface area contributed by atoms with Crippen molar-refractivity contribution in [2.24, 2.45) is 5.41 Å². The van der Waals surface area contributed by atoms with E-state index in [1.54, 1.807) is 16.4 Å². The number of likely N-dealkylation sites (tertiary alicyclic amines) is 1. The summed E-state index contributed by atoms with van der Waals surface area (Å²) in [5.41, 5.74) is 0.550. The molecule has 1 atom stereocenters. The highest BCUT2D eigenvalue weighted by molar-refractivity contribution is 7.89. The summed E-state index contributed by atoms with van der Waals surface area (Å²) < 4.78 is 34.8. The van der Waals surface area contributed by atoms with E-state index in [9.17, 15) is 13.2 Å². The minimum absolute atomic E-state index is 0.114. The predicted octanol–water partition coefficient (Wildman–Crippen LogP) is 4.50. The van der Waals surface area contributed by atoms with Gasteiger partial charge in [-0.3, -0.25) is 4.79 Å². The van der Waals surface area contributed by atoms with Gasteiger partial charge in [0.05, 0.1) is 11.5 Å². The van der Waals surface area contributed by atoms with Crippen molar-refractivity contribution in [3.05, 3.63) is 60.2 Å². The first-order chi connectivity index (χ1) is 16.4. The Hall–Kier alpha value is -2.38. The third-order valence-electron chi connectivity index (χ3n) is 7.12. The molecule has 2 aliphatic heterocycles. The quantitative estimate of drug-likeness (QED) is 0.553. The molecule has 0 aliphatic carbocycles. The molecule has 2 fully saturated rings. The van der Waals surface area contributed by atoms with Crippen molar-refractivity contribution in [2.75, 3.05) is 32.8 Å². The maximum atomic E-state index is 13.5. The Kier molecular flexibility index (Phi) is 7.94. The molecule has 2 saturated heterocycles. The third kappa shape index (κ3) is 5.81. The number of benzene rings is 2. The highest BCUT2D eigenvalue weighted by atomic mass is 32.2.